The molecule has 0 radical (unpaired) electrons. The average Bonchev–Trinajstić information content (AvgIpc) is 2.28. The lowest BCUT2D eigenvalue weighted by Crippen LogP contribution is -2.27. The molecule has 0 bridgehead atoms. The molecule has 1 unspecified atom stereocenters. The van der Waals surface area contributed by atoms with Crippen molar-refractivity contribution in [2.45, 2.75) is 74.1 Å². The van der Waals surface area contributed by atoms with Crippen LogP contribution in [0.5, 0.6) is 0 Å². The third-order valence-corrected chi connectivity index (χ3v) is 4.13. The predicted octanol–water partition coefficient (Wildman–Crippen LogP) is 6.28. The Morgan fingerprint density at radius 1 is 0.850 bits per heavy atom. The lowest BCUT2D eigenvalue weighted by molar-refractivity contribution is 0.164. The van der Waals surface area contributed by atoms with Crippen LogP contribution in [-0.4, -0.2) is 0 Å². The van der Waals surface area contributed by atoms with Crippen molar-refractivity contribution in [1.82, 2.24) is 0 Å². The predicted molar refractivity (Wildman–Crippen MR) is 91.2 cm³/mol. The second-order valence-corrected chi connectivity index (χ2v) is 8.60. The quantitative estimate of drug-likeness (QED) is 0.592. The maximum atomic E-state index is 2.38. The zero-order chi connectivity index (χ0) is 15.4. The summed E-state index contributed by atoms with van der Waals surface area (Å²) in [7, 11) is 0. The molecule has 1 atom stereocenters. The highest BCUT2D eigenvalue weighted by Crippen LogP contribution is 2.38. The first kappa shape index (κ1) is 17.3. The molecular formula is C20H34. The second-order valence-electron chi connectivity index (χ2n) is 8.60. The number of aryl methyl sites for hydroxylation is 1. The normalized spacial score (nSPS) is 14.3. The van der Waals surface area contributed by atoms with Gasteiger partial charge < -0.3 is 0 Å². The van der Waals surface area contributed by atoms with E-state index in [1.807, 2.05) is 0 Å². The van der Waals surface area contributed by atoms with E-state index in [0.29, 0.717) is 10.8 Å². The maximum absolute atomic E-state index is 2.38. The summed E-state index contributed by atoms with van der Waals surface area (Å²) in [6.07, 6.45) is 4.92. The molecule has 0 heteroatoms. The zero-order valence-electron chi connectivity index (χ0n) is 14.7. The summed E-state index contributed by atoms with van der Waals surface area (Å²) in [6, 6.07) is 9.31. The van der Waals surface area contributed by atoms with Gasteiger partial charge in [-0.3, -0.25) is 0 Å². The van der Waals surface area contributed by atoms with Crippen LogP contribution in [0.1, 0.15) is 72.4 Å². The van der Waals surface area contributed by atoms with Crippen molar-refractivity contribution in [2.75, 3.05) is 0 Å². The van der Waals surface area contributed by atoms with Crippen molar-refractivity contribution in [3.05, 3.63) is 35.4 Å². The SMILES string of the molecule is CCCc1ccc(CC(CC(C)(C)C)C(C)(C)C)cc1. The van der Waals surface area contributed by atoms with Gasteiger partial charge in [0.2, 0.25) is 0 Å². The van der Waals surface area contributed by atoms with Gasteiger partial charge in [-0.15, -0.1) is 0 Å². The minimum Gasteiger partial charge on any atom is -0.0651 e. The van der Waals surface area contributed by atoms with Crippen LogP contribution in [0.3, 0.4) is 0 Å². The van der Waals surface area contributed by atoms with Crippen molar-refractivity contribution in [2.24, 2.45) is 16.7 Å². The monoisotopic (exact) mass is 274 g/mol. The standard InChI is InChI=1S/C20H34/c1-8-9-16-10-12-17(13-11-16)14-18(20(5,6)7)15-19(2,3)4/h10-13,18H,8-9,14-15H2,1-7H3. The number of rotatable bonds is 5. The number of benzene rings is 1. The molecule has 1 aromatic rings. The molecule has 0 heterocycles. The highest BCUT2D eigenvalue weighted by molar-refractivity contribution is 5.23. The van der Waals surface area contributed by atoms with E-state index >= 15 is 0 Å². The van der Waals surface area contributed by atoms with Crippen LogP contribution in [-0.2, 0) is 12.8 Å². The molecule has 0 nitrogen and oxygen atoms in total. The van der Waals surface area contributed by atoms with Crippen LogP contribution in [0.25, 0.3) is 0 Å². The van der Waals surface area contributed by atoms with E-state index in [0.717, 1.165) is 5.92 Å². The van der Waals surface area contributed by atoms with Crippen LogP contribution in [0, 0.1) is 16.7 Å². The van der Waals surface area contributed by atoms with Gasteiger partial charge >= 0.3 is 0 Å². The van der Waals surface area contributed by atoms with Crippen molar-refractivity contribution < 1.29 is 0 Å². The highest BCUT2D eigenvalue weighted by Gasteiger charge is 2.28. The first-order valence-electron chi connectivity index (χ1n) is 8.19. The van der Waals surface area contributed by atoms with E-state index in [9.17, 15) is 0 Å². The van der Waals surface area contributed by atoms with Gasteiger partial charge in [0.1, 0.15) is 0 Å². The zero-order valence-corrected chi connectivity index (χ0v) is 14.7. The third kappa shape index (κ3) is 6.11. The van der Waals surface area contributed by atoms with E-state index in [4.69, 9.17) is 0 Å². The first-order chi connectivity index (χ1) is 9.12. The Morgan fingerprint density at radius 2 is 1.35 bits per heavy atom. The summed E-state index contributed by atoms with van der Waals surface area (Å²) in [5, 5.41) is 0. The smallest absolute Gasteiger partial charge is 0.0245 e. The topological polar surface area (TPSA) is 0 Å². The fourth-order valence-electron chi connectivity index (χ4n) is 2.84. The Morgan fingerprint density at radius 3 is 1.75 bits per heavy atom. The van der Waals surface area contributed by atoms with Gasteiger partial charge in [-0.2, -0.15) is 0 Å². The Labute approximate surface area is 127 Å². The van der Waals surface area contributed by atoms with Crippen molar-refractivity contribution >= 4 is 0 Å². The van der Waals surface area contributed by atoms with Crippen LogP contribution >= 0.6 is 0 Å². The number of hydrogen-bond donors (Lipinski definition) is 0. The summed E-state index contributed by atoms with van der Waals surface area (Å²) in [6.45, 7) is 16.5. The molecule has 0 aromatic heterocycles. The van der Waals surface area contributed by atoms with E-state index in [1.165, 1.54) is 36.8 Å². The molecular weight excluding hydrogens is 240 g/mol. The van der Waals surface area contributed by atoms with Gasteiger partial charge in [0, 0.05) is 0 Å². The molecule has 1 rings (SSSR count). The molecule has 0 N–H and O–H groups in total. The lowest BCUT2D eigenvalue weighted by atomic mass is 9.70. The van der Waals surface area contributed by atoms with Crippen molar-refractivity contribution in [3.63, 3.8) is 0 Å². The Bertz CT molecular complexity index is 384. The lowest BCUT2D eigenvalue weighted by Gasteiger charge is -2.36. The molecule has 114 valence electrons. The molecule has 1 aromatic carbocycles. The molecule has 20 heavy (non-hydrogen) atoms. The van der Waals surface area contributed by atoms with Gasteiger partial charge in [0.15, 0.2) is 0 Å². The van der Waals surface area contributed by atoms with Gasteiger partial charge in [-0.05, 0) is 47.1 Å². The Balaban J connectivity index is 2.79. The van der Waals surface area contributed by atoms with Gasteiger partial charge in [0.05, 0.1) is 0 Å². The van der Waals surface area contributed by atoms with Gasteiger partial charge in [-0.25, -0.2) is 0 Å². The van der Waals surface area contributed by atoms with Gasteiger partial charge in [0.25, 0.3) is 0 Å². The largest absolute Gasteiger partial charge is 0.0651 e. The molecule has 0 aliphatic heterocycles. The molecule has 0 amide bonds. The summed E-state index contributed by atoms with van der Waals surface area (Å²) < 4.78 is 0. The fourth-order valence-corrected chi connectivity index (χ4v) is 2.84. The minimum atomic E-state index is 0.370. The van der Waals surface area contributed by atoms with Crippen LogP contribution in [0.4, 0.5) is 0 Å². The Hall–Kier alpha value is -0.780. The van der Waals surface area contributed by atoms with Crippen molar-refractivity contribution in [1.29, 1.82) is 0 Å². The molecule has 0 fully saturated rings. The van der Waals surface area contributed by atoms with E-state index < -0.39 is 0 Å². The van der Waals surface area contributed by atoms with Gasteiger partial charge in [-0.1, -0.05) is 79.2 Å². The second kappa shape index (κ2) is 6.78. The maximum Gasteiger partial charge on any atom is -0.0245 e. The number of hydrogen-bond acceptors (Lipinski definition) is 0. The average molecular weight is 274 g/mol. The van der Waals surface area contributed by atoms with E-state index in [-0.39, 0.29) is 0 Å². The molecule has 0 saturated heterocycles. The van der Waals surface area contributed by atoms with Crippen LogP contribution in [0.15, 0.2) is 24.3 Å². The van der Waals surface area contributed by atoms with Crippen LogP contribution < -0.4 is 0 Å². The third-order valence-electron chi connectivity index (χ3n) is 4.13. The van der Waals surface area contributed by atoms with E-state index in [2.05, 4.69) is 72.7 Å². The molecule has 0 aliphatic rings. The molecule has 0 saturated carbocycles. The first-order valence-corrected chi connectivity index (χ1v) is 8.19. The van der Waals surface area contributed by atoms with Crippen molar-refractivity contribution in [3.8, 4) is 0 Å². The summed E-state index contributed by atoms with van der Waals surface area (Å²) in [5.41, 5.74) is 3.74. The Kier molecular flexibility index (Phi) is 5.86. The fraction of sp³-hybridized carbons (Fsp3) is 0.700. The van der Waals surface area contributed by atoms with Crippen LogP contribution in [0.2, 0.25) is 0 Å². The minimum absolute atomic E-state index is 0.370. The molecule has 0 spiro atoms. The highest BCUT2D eigenvalue weighted by atomic mass is 14.3. The summed E-state index contributed by atoms with van der Waals surface area (Å²) >= 11 is 0. The summed E-state index contributed by atoms with van der Waals surface area (Å²) in [4.78, 5) is 0. The van der Waals surface area contributed by atoms with E-state index in [1.54, 1.807) is 0 Å². The molecule has 0 aliphatic carbocycles. The summed E-state index contributed by atoms with van der Waals surface area (Å²) in [5.74, 6) is 0.736.